The molecule has 0 aromatic carbocycles. The van der Waals surface area contributed by atoms with Gasteiger partial charge in [-0.25, -0.2) is 4.57 Å². The van der Waals surface area contributed by atoms with E-state index in [-0.39, 0.29) is 0 Å². The quantitative estimate of drug-likeness (QED) is 0.268. The third kappa shape index (κ3) is 4.99. The Kier molecular flexibility index (Phi) is 5.72. The highest BCUT2D eigenvalue weighted by molar-refractivity contribution is 7.46. The smallest absolute Gasteiger partial charge is 0.394 e. The molecule has 9 heteroatoms. The lowest BCUT2D eigenvalue weighted by Gasteiger charge is -2.24. The zero-order valence-corrected chi connectivity index (χ0v) is 7.99. The Morgan fingerprint density at radius 3 is 1.93 bits per heavy atom. The summed E-state index contributed by atoms with van der Waals surface area (Å²) >= 11 is 0. The second-order valence-corrected chi connectivity index (χ2v) is 3.75. The molecule has 6 N–H and O–H groups in total. The Labute approximate surface area is 79.6 Å². The Hall–Kier alpha value is -0.0500. The second-order valence-electron chi connectivity index (χ2n) is 2.56. The van der Waals surface area contributed by atoms with Gasteiger partial charge in [-0.3, -0.25) is 4.52 Å². The summed E-state index contributed by atoms with van der Waals surface area (Å²) in [5.74, 6) is 0. The van der Waals surface area contributed by atoms with Gasteiger partial charge in [-0.15, -0.1) is 0 Å². The van der Waals surface area contributed by atoms with E-state index in [0.717, 1.165) is 0 Å². The van der Waals surface area contributed by atoms with Crippen LogP contribution in [0.3, 0.4) is 0 Å². The van der Waals surface area contributed by atoms with E-state index in [4.69, 9.17) is 30.2 Å². The molecule has 3 atom stereocenters. The van der Waals surface area contributed by atoms with Crippen LogP contribution in [0.5, 0.6) is 0 Å². The number of hydrogen-bond donors (Lipinski definition) is 6. The molecule has 0 fully saturated rings. The minimum absolute atomic E-state index is 0.817. The van der Waals surface area contributed by atoms with Gasteiger partial charge < -0.3 is 30.2 Å². The van der Waals surface area contributed by atoms with E-state index in [9.17, 15) is 4.57 Å². The van der Waals surface area contributed by atoms with Crippen molar-refractivity contribution in [2.24, 2.45) is 0 Å². The fraction of sp³-hybridized carbons (Fsp3) is 1.00. The Morgan fingerprint density at radius 1 is 1.14 bits per heavy atom. The lowest BCUT2D eigenvalue weighted by atomic mass is 10.1. The van der Waals surface area contributed by atoms with Crippen molar-refractivity contribution < 1.29 is 39.3 Å². The summed E-state index contributed by atoms with van der Waals surface area (Å²) in [5.41, 5.74) is 0. The number of phosphoric ester groups is 1. The van der Waals surface area contributed by atoms with E-state index in [1.807, 2.05) is 0 Å². The molecular formula is C5H13O8P. The van der Waals surface area contributed by atoms with E-state index in [1.54, 1.807) is 0 Å². The van der Waals surface area contributed by atoms with Gasteiger partial charge in [-0.05, 0) is 0 Å². The summed E-state index contributed by atoms with van der Waals surface area (Å²) in [6.45, 7) is -1.72. The molecular weight excluding hydrogens is 219 g/mol. The van der Waals surface area contributed by atoms with Gasteiger partial charge in [0.15, 0.2) is 0 Å². The van der Waals surface area contributed by atoms with Crippen molar-refractivity contribution in [1.82, 2.24) is 0 Å². The maximum Gasteiger partial charge on any atom is 0.470 e. The van der Waals surface area contributed by atoms with Crippen LogP contribution in [0.1, 0.15) is 0 Å². The number of aliphatic hydroxyl groups is 4. The van der Waals surface area contributed by atoms with E-state index in [2.05, 4.69) is 4.52 Å². The first-order valence-electron chi connectivity index (χ1n) is 3.63. The molecule has 0 spiro atoms. The number of rotatable bonds is 6. The molecule has 86 valence electrons. The van der Waals surface area contributed by atoms with Crippen molar-refractivity contribution in [1.29, 1.82) is 0 Å². The van der Waals surface area contributed by atoms with Crippen LogP contribution in [0.4, 0.5) is 0 Å². The zero-order chi connectivity index (χ0) is 11.4. The van der Waals surface area contributed by atoms with Crippen molar-refractivity contribution in [3.05, 3.63) is 0 Å². The fourth-order valence-corrected chi connectivity index (χ4v) is 1.28. The highest BCUT2D eigenvalue weighted by Crippen LogP contribution is 2.38. The zero-order valence-electron chi connectivity index (χ0n) is 7.09. The molecule has 0 saturated heterocycles. The number of hydrogen-bond acceptors (Lipinski definition) is 6. The maximum absolute atomic E-state index is 10.3. The second kappa shape index (κ2) is 5.74. The molecule has 0 aromatic rings. The Bertz CT molecular complexity index is 202. The molecule has 0 aliphatic carbocycles. The van der Waals surface area contributed by atoms with Gasteiger partial charge >= 0.3 is 7.82 Å². The molecule has 0 unspecified atom stereocenters. The van der Waals surface area contributed by atoms with Crippen molar-refractivity contribution >= 4 is 7.82 Å². The molecule has 0 saturated carbocycles. The first-order chi connectivity index (χ1) is 6.31. The molecule has 14 heavy (non-hydrogen) atoms. The lowest BCUT2D eigenvalue weighted by Crippen LogP contribution is -2.42. The van der Waals surface area contributed by atoms with Crippen LogP contribution in [0.25, 0.3) is 0 Å². The van der Waals surface area contributed by atoms with Crippen molar-refractivity contribution in [3.63, 3.8) is 0 Å². The third-order valence-corrected chi connectivity index (χ3v) is 1.96. The van der Waals surface area contributed by atoms with Crippen LogP contribution in [-0.4, -0.2) is 61.7 Å². The highest BCUT2D eigenvalue weighted by Gasteiger charge is 2.31. The van der Waals surface area contributed by atoms with Crippen LogP contribution in [0, 0.1) is 0 Å². The van der Waals surface area contributed by atoms with Gasteiger partial charge in [0.05, 0.1) is 13.2 Å². The minimum Gasteiger partial charge on any atom is -0.394 e. The van der Waals surface area contributed by atoms with Crippen LogP contribution in [0.15, 0.2) is 0 Å². The average molecular weight is 232 g/mol. The predicted molar refractivity (Wildman–Crippen MR) is 43.1 cm³/mol. The first-order valence-corrected chi connectivity index (χ1v) is 5.16. The molecule has 0 aliphatic heterocycles. The van der Waals surface area contributed by atoms with Crippen molar-refractivity contribution in [3.8, 4) is 0 Å². The molecule has 0 aliphatic rings. The molecule has 0 bridgehead atoms. The molecule has 0 rings (SSSR count). The summed E-state index contributed by atoms with van der Waals surface area (Å²) in [7, 11) is -4.86. The van der Waals surface area contributed by atoms with Gasteiger partial charge in [0.2, 0.25) is 0 Å². The SMILES string of the molecule is O=P(O)(O)O[C@H](CO)[C@@H](O)[C@@H](O)CO. The van der Waals surface area contributed by atoms with Gasteiger partial charge in [0.1, 0.15) is 18.3 Å². The summed E-state index contributed by atoms with van der Waals surface area (Å²) < 4.78 is 14.3. The maximum atomic E-state index is 10.3. The first kappa shape index (κ1) is 13.9. The predicted octanol–water partition coefficient (Wildman–Crippen LogP) is -2.83. The molecule has 0 heterocycles. The van der Waals surface area contributed by atoms with Crippen molar-refractivity contribution in [2.45, 2.75) is 18.3 Å². The number of aliphatic hydroxyl groups excluding tert-OH is 4. The standard InChI is InChI=1S/C5H13O8P/c6-1-3(8)5(9)4(2-7)13-14(10,11)12/h3-9H,1-2H2,(H2,10,11,12)/t3-,4+,5-/m0/s1. The Morgan fingerprint density at radius 2 is 1.64 bits per heavy atom. The molecule has 0 radical (unpaired) electrons. The molecule has 0 aromatic heterocycles. The van der Waals surface area contributed by atoms with Crippen LogP contribution < -0.4 is 0 Å². The van der Waals surface area contributed by atoms with E-state index in [0.29, 0.717) is 0 Å². The van der Waals surface area contributed by atoms with Crippen LogP contribution >= 0.6 is 7.82 Å². The van der Waals surface area contributed by atoms with E-state index < -0.39 is 39.3 Å². The summed E-state index contributed by atoms with van der Waals surface area (Å²) in [4.78, 5) is 16.7. The number of phosphoric acid groups is 1. The largest absolute Gasteiger partial charge is 0.470 e. The van der Waals surface area contributed by atoms with Gasteiger partial charge in [-0.1, -0.05) is 0 Å². The summed E-state index contributed by atoms with van der Waals surface area (Å²) in [6, 6.07) is 0. The van der Waals surface area contributed by atoms with Gasteiger partial charge in [0.25, 0.3) is 0 Å². The van der Waals surface area contributed by atoms with Crippen LogP contribution in [-0.2, 0) is 9.09 Å². The third-order valence-electron chi connectivity index (χ3n) is 1.41. The lowest BCUT2D eigenvalue weighted by molar-refractivity contribution is -0.0871. The minimum atomic E-state index is -4.86. The topological polar surface area (TPSA) is 148 Å². The van der Waals surface area contributed by atoms with Gasteiger partial charge in [0, 0.05) is 0 Å². The highest BCUT2D eigenvalue weighted by atomic mass is 31.2. The molecule has 0 amide bonds. The van der Waals surface area contributed by atoms with E-state index >= 15 is 0 Å². The summed E-state index contributed by atoms with van der Waals surface area (Å²) in [6.07, 6.45) is -5.07. The molecule has 8 nitrogen and oxygen atoms in total. The monoisotopic (exact) mass is 232 g/mol. The fourth-order valence-electron chi connectivity index (χ4n) is 0.736. The summed E-state index contributed by atoms with van der Waals surface area (Å²) in [5, 5.41) is 35.0. The van der Waals surface area contributed by atoms with Crippen LogP contribution in [0.2, 0.25) is 0 Å². The van der Waals surface area contributed by atoms with E-state index in [1.165, 1.54) is 0 Å². The van der Waals surface area contributed by atoms with Crippen molar-refractivity contribution in [2.75, 3.05) is 13.2 Å². The normalized spacial score (nSPS) is 19.0. The Balaban J connectivity index is 4.33. The van der Waals surface area contributed by atoms with Gasteiger partial charge in [-0.2, -0.15) is 0 Å². The average Bonchev–Trinajstić information content (AvgIpc) is 2.10.